The van der Waals surface area contributed by atoms with Gasteiger partial charge in [0.25, 0.3) is 0 Å². The highest BCUT2D eigenvalue weighted by Gasteiger charge is 2.11. The van der Waals surface area contributed by atoms with Crippen LogP contribution in [0.5, 0.6) is 5.75 Å². The minimum absolute atomic E-state index is 0.253. The summed E-state index contributed by atoms with van der Waals surface area (Å²) >= 11 is 0. The summed E-state index contributed by atoms with van der Waals surface area (Å²) in [5, 5.41) is 11.7. The second-order valence-electron chi connectivity index (χ2n) is 4.45. The third-order valence-corrected chi connectivity index (χ3v) is 2.90. The number of unbranched alkanes of at least 4 members (excludes halogenated alkanes) is 1. The number of benzene rings is 1. The average Bonchev–Trinajstić information content (AvgIpc) is 2.39. The number of rotatable bonds is 8. The van der Waals surface area contributed by atoms with Gasteiger partial charge < -0.3 is 9.94 Å². The van der Waals surface area contributed by atoms with Gasteiger partial charge in [-0.1, -0.05) is 50.4 Å². The second-order valence-corrected chi connectivity index (χ2v) is 4.45. The number of ether oxygens (including phenoxy) is 1. The summed E-state index contributed by atoms with van der Waals surface area (Å²) in [5.41, 5.74) is 0.817. The maximum absolute atomic E-state index is 8.64. The molecule has 1 N–H and O–H groups in total. The normalized spacial score (nSPS) is 12.8. The van der Waals surface area contributed by atoms with Crippen molar-refractivity contribution in [2.45, 2.75) is 52.1 Å². The lowest BCUT2D eigenvalue weighted by Crippen LogP contribution is -2.17. The summed E-state index contributed by atoms with van der Waals surface area (Å²) in [4.78, 5) is 0. The molecule has 3 heteroatoms. The third kappa shape index (κ3) is 4.78. The first-order chi connectivity index (χ1) is 8.81. The van der Waals surface area contributed by atoms with Crippen molar-refractivity contribution in [3.05, 3.63) is 29.8 Å². The highest BCUT2D eigenvalue weighted by atomic mass is 16.5. The lowest BCUT2D eigenvalue weighted by molar-refractivity contribution is 0.176. The molecule has 0 aliphatic heterocycles. The van der Waals surface area contributed by atoms with E-state index in [4.69, 9.17) is 9.94 Å². The fourth-order valence-electron chi connectivity index (χ4n) is 1.95. The number of oxime groups is 1. The van der Waals surface area contributed by atoms with Crippen LogP contribution in [-0.2, 0) is 0 Å². The van der Waals surface area contributed by atoms with Crippen LogP contribution < -0.4 is 4.74 Å². The molecule has 0 aliphatic carbocycles. The number of para-hydroxylation sites is 1. The van der Waals surface area contributed by atoms with Crippen LogP contribution in [0, 0.1) is 0 Å². The van der Waals surface area contributed by atoms with Gasteiger partial charge in [-0.15, -0.1) is 0 Å². The van der Waals surface area contributed by atoms with Crippen LogP contribution in [0.3, 0.4) is 0 Å². The van der Waals surface area contributed by atoms with Gasteiger partial charge in [0.15, 0.2) is 0 Å². The average molecular weight is 249 g/mol. The van der Waals surface area contributed by atoms with E-state index in [1.165, 1.54) is 19.1 Å². The molecular formula is C15H23NO2. The molecule has 0 spiro atoms. The lowest BCUT2D eigenvalue weighted by Gasteiger charge is -2.19. The minimum Gasteiger partial charge on any atom is -0.490 e. The Morgan fingerprint density at radius 2 is 2.00 bits per heavy atom. The monoisotopic (exact) mass is 249 g/mol. The van der Waals surface area contributed by atoms with Crippen LogP contribution in [0.4, 0.5) is 0 Å². The van der Waals surface area contributed by atoms with Gasteiger partial charge in [0.2, 0.25) is 0 Å². The van der Waals surface area contributed by atoms with Gasteiger partial charge in [0.05, 0.1) is 12.3 Å². The molecule has 1 aromatic rings. The number of hydrogen-bond acceptors (Lipinski definition) is 3. The molecule has 3 nitrogen and oxygen atoms in total. The van der Waals surface area contributed by atoms with E-state index in [-0.39, 0.29) is 6.10 Å². The van der Waals surface area contributed by atoms with E-state index < -0.39 is 0 Å². The topological polar surface area (TPSA) is 41.8 Å². The van der Waals surface area contributed by atoms with Crippen molar-refractivity contribution in [2.24, 2.45) is 5.16 Å². The van der Waals surface area contributed by atoms with Gasteiger partial charge in [0, 0.05) is 5.56 Å². The Kier molecular flexibility index (Phi) is 6.92. The van der Waals surface area contributed by atoms with Gasteiger partial charge >= 0.3 is 0 Å². The zero-order valence-electron chi connectivity index (χ0n) is 11.3. The third-order valence-electron chi connectivity index (χ3n) is 2.90. The molecule has 1 rings (SSSR count). The first kappa shape index (κ1) is 14.6. The van der Waals surface area contributed by atoms with Crippen LogP contribution in [-0.4, -0.2) is 17.5 Å². The lowest BCUT2D eigenvalue weighted by atomic mass is 10.1. The highest BCUT2D eigenvalue weighted by Crippen LogP contribution is 2.21. The van der Waals surface area contributed by atoms with E-state index in [1.54, 1.807) is 0 Å². The molecule has 0 saturated carbocycles. The van der Waals surface area contributed by atoms with E-state index in [9.17, 15) is 0 Å². The summed E-state index contributed by atoms with van der Waals surface area (Å²) < 4.78 is 6.04. The molecule has 1 aromatic carbocycles. The maximum atomic E-state index is 8.64. The Labute approximate surface area is 109 Å². The number of nitrogens with zero attached hydrogens (tertiary/aromatic N) is 1. The molecule has 1 atom stereocenters. The van der Waals surface area contributed by atoms with Gasteiger partial charge in [-0.2, -0.15) is 0 Å². The minimum atomic E-state index is 0.253. The van der Waals surface area contributed by atoms with E-state index in [2.05, 4.69) is 19.0 Å². The maximum Gasteiger partial charge on any atom is 0.128 e. The van der Waals surface area contributed by atoms with Crippen molar-refractivity contribution in [2.75, 3.05) is 0 Å². The zero-order valence-corrected chi connectivity index (χ0v) is 11.3. The SMILES string of the molecule is CCCCC(CCC)Oc1ccccc1C=NO. The largest absolute Gasteiger partial charge is 0.490 e. The summed E-state index contributed by atoms with van der Waals surface area (Å²) in [7, 11) is 0. The Morgan fingerprint density at radius 3 is 2.67 bits per heavy atom. The standard InChI is InChI=1S/C15H23NO2/c1-3-5-10-14(8-4-2)18-15-11-7-6-9-13(15)12-16-17/h6-7,9,11-12,14,17H,3-5,8,10H2,1-2H3. The van der Waals surface area contributed by atoms with Gasteiger partial charge in [-0.05, 0) is 25.0 Å². The van der Waals surface area contributed by atoms with Crippen molar-refractivity contribution >= 4 is 6.21 Å². The number of hydrogen-bond donors (Lipinski definition) is 1. The highest BCUT2D eigenvalue weighted by molar-refractivity contribution is 5.82. The van der Waals surface area contributed by atoms with Crippen LogP contribution >= 0.6 is 0 Å². The second kappa shape index (κ2) is 8.56. The van der Waals surface area contributed by atoms with Gasteiger partial charge in [-0.3, -0.25) is 0 Å². The first-order valence-corrected chi connectivity index (χ1v) is 6.74. The fourth-order valence-corrected chi connectivity index (χ4v) is 1.95. The van der Waals surface area contributed by atoms with E-state index in [0.29, 0.717) is 0 Å². The molecule has 1 unspecified atom stereocenters. The van der Waals surface area contributed by atoms with E-state index in [0.717, 1.165) is 30.6 Å². The molecule has 0 aromatic heterocycles. The molecule has 0 amide bonds. The van der Waals surface area contributed by atoms with Crippen molar-refractivity contribution in [1.82, 2.24) is 0 Å². The summed E-state index contributed by atoms with van der Waals surface area (Å²) in [6, 6.07) is 7.65. The fraction of sp³-hybridized carbons (Fsp3) is 0.533. The zero-order chi connectivity index (χ0) is 13.2. The predicted molar refractivity (Wildman–Crippen MR) is 74.7 cm³/mol. The van der Waals surface area contributed by atoms with Gasteiger partial charge in [0.1, 0.15) is 5.75 Å². The molecule has 0 fully saturated rings. The van der Waals surface area contributed by atoms with Crippen molar-refractivity contribution < 1.29 is 9.94 Å². The molecular weight excluding hydrogens is 226 g/mol. The molecule has 0 bridgehead atoms. The van der Waals surface area contributed by atoms with Gasteiger partial charge in [-0.25, -0.2) is 0 Å². The van der Waals surface area contributed by atoms with E-state index >= 15 is 0 Å². The summed E-state index contributed by atoms with van der Waals surface area (Å²) in [5.74, 6) is 0.796. The Hall–Kier alpha value is -1.51. The van der Waals surface area contributed by atoms with Crippen molar-refractivity contribution in [3.63, 3.8) is 0 Å². The van der Waals surface area contributed by atoms with Crippen molar-refractivity contribution in [3.8, 4) is 5.75 Å². The molecule has 100 valence electrons. The first-order valence-electron chi connectivity index (χ1n) is 6.74. The Bertz CT molecular complexity index is 363. The summed E-state index contributed by atoms with van der Waals surface area (Å²) in [6.07, 6.45) is 7.29. The summed E-state index contributed by atoms with van der Waals surface area (Å²) in [6.45, 7) is 4.36. The predicted octanol–water partition coefficient (Wildman–Crippen LogP) is 4.23. The van der Waals surface area contributed by atoms with Crippen LogP contribution in [0.2, 0.25) is 0 Å². The molecule has 0 aliphatic rings. The Balaban J connectivity index is 2.72. The van der Waals surface area contributed by atoms with E-state index in [1.807, 2.05) is 24.3 Å². The van der Waals surface area contributed by atoms with Crippen molar-refractivity contribution in [1.29, 1.82) is 0 Å². The molecule has 0 heterocycles. The molecule has 18 heavy (non-hydrogen) atoms. The smallest absolute Gasteiger partial charge is 0.128 e. The molecule has 0 radical (unpaired) electrons. The molecule has 0 saturated heterocycles. The van der Waals surface area contributed by atoms with Crippen LogP contribution in [0.15, 0.2) is 29.4 Å². The van der Waals surface area contributed by atoms with Crippen LogP contribution in [0.1, 0.15) is 51.5 Å². The van der Waals surface area contributed by atoms with Crippen LogP contribution in [0.25, 0.3) is 0 Å². The Morgan fingerprint density at radius 1 is 1.22 bits per heavy atom. The quantitative estimate of drug-likeness (QED) is 0.425.